The van der Waals surface area contributed by atoms with Crippen molar-refractivity contribution in [1.82, 2.24) is 10.2 Å². The molecule has 0 bridgehead atoms. The highest BCUT2D eigenvalue weighted by Crippen LogP contribution is 2.24. The zero-order chi connectivity index (χ0) is 25.0. The number of nitrogens with zero attached hydrogens (tertiary/aromatic N) is 1. The van der Waals surface area contributed by atoms with E-state index in [0.717, 1.165) is 22.4 Å². The average Bonchev–Trinajstić information content (AvgIpc) is 2.87. The Balaban J connectivity index is 1.83. The summed E-state index contributed by atoms with van der Waals surface area (Å²) in [4.78, 5) is 29.6. The van der Waals surface area contributed by atoms with Gasteiger partial charge in [0, 0.05) is 46.6 Å². The second-order valence-electron chi connectivity index (χ2n) is 8.16. The number of hydrogen-bond acceptors (Lipinski definition) is 3. The first-order valence-corrected chi connectivity index (χ1v) is 13.4. The number of nitrogens with one attached hydrogen (secondary N) is 1. The summed E-state index contributed by atoms with van der Waals surface area (Å²) in [5, 5.41) is 4.25. The van der Waals surface area contributed by atoms with E-state index in [1.54, 1.807) is 22.7 Å². The Morgan fingerprint density at radius 3 is 2.31 bits per heavy atom. The van der Waals surface area contributed by atoms with Crippen LogP contribution in [0.5, 0.6) is 0 Å². The summed E-state index contributed by atoms with van der Waals surface area (Å²) in [6.45, 7) is 2.83. The Morgan fingerprint density at radius 1 is 0.943 bits per heavy atom. The molecule has 0 saturated carbocycles. The largest absolute Gasteiger partial charge is 0.354 e. The van der Waals surface area contributed by atoms with E-state index in [-0.39, 0.29) is 18.4 Å². The third-order valence-corrected chi connectivity index (χ3v) is 7.15. The van der Waals surface area contributed by atoms with Crippen LogP contribution in [0.1, 0.15) is 30.9 Å². The lowest BCUT2D eigenvalue weighted by atomic mass is 10.0. The van der Waals surface area contributed by atoms with Gasteiger partial charge < -0.3 is 10.2 Å². The van der Waals surface area contributed by atoms with Gasteiger partial charge in [-0.15, -0.1) is 11.8 Å². The van der Waals surface area contributed by atoms with Gasteiger partial charge in [-0.25, -0.2) is 0 Å². The van der Waals surface area contributed by atoms with Crippen molar-refractivity contribution in [2.45, 2.75) is 43.7 Å². The SMILES string of the molecule is CCCNC(=O)[C@H](Cc1ccccc1)N(Cc1ccccc1Cl)C(=O)CCSc1ccc(Cl)cc1. The summed E-state index contributed by atoms with van der Waals surface area (Å²) in [7, 11) is 0. The minimum atomic E-state index is -0.645. The Bertz CT molecular complexity index is 1090. The molecular weight excluding hydrogens is 499 g/mol. The summed E-state index contributed by atoms with van der Waals surface area (Å²) in [6, 6.07) is 24.1. The van der Waals surface area contributed by atoms with E-state index in [2.05, 4.69) is 5.32 Å². The number of hydrogen-bond donors (Lipinski definition) is 1. The molecule has 3 aromatic rings. The summed E-state index contributed by atoms with van der Waals surface area (Å²) >= 11 is 14.0. The molecule has 0 aliphatic rings. The number of carbonyl (C=O) groups excluding carboxylic acids is 2. The summed E-state index contributed by atoms with van der Waals surface area (Å²) < 4.78 is 0. The molecule has 7 heteroatoms. The molecule has 1 atom stereocenters. The quantitative estimate of drug-likeness (QED) is 0.268. The number of thioether (sulfide) groups is 1. The minimum Gasteiger partial charge on any atom is -0.354 e. The van der Waals surface area contributed by atoms with Gasteiger partial charge in [-0.2, -0.15) is 0 Å². The molecule has 0 aliphatic carbocycles. The zero-order valence-electron chi connectivity index (χ0n) is 19.8. The van der Waals surface area contributed by atoms with Gasteiger partial charge >= 0.3 is 0 Å². The molecule has 184 valence electrons. The van der Waals surface area contributed by atoms with E-state index in [1.807, 2.05) is 79.7 Å². The van der Waals surface area contributed by atoms with Crippen molar-refractivity contribution in [3.8, 4) is 0 Å². The highest BCUT2D eigenvalue weighted by Gasteiger charge is 2.30. The Morgan fingerprint density at radius 2 is 1.63 bits per heavy atom. The van der Waals surface area contributed by atoms with Gasteiger partial charge in [0.05, 0.1) is 0 Å². The molecule has 2 amide bonds. The van der Waals surface area contributed by atoms with Crippen molar-refractivity contribution in [2.75, 3.05) is 12.3 Å². The topological polar surface area (TPSA) is 49.4 Å². The highest BCUT2D eigenvalue weighted by molar-refractivity contribution is 7.99. The van der Waals surface area contributed by atoms with E-state index >= 15 is 0 Å². The molecule has 4 nitrogen and oxygen atoms in total. The number of benzene rings is 3. The van der Waals surface area contributed by atoms with Gasteiger partial charge in [0.25, 0.3) is 0 Å². The van der Waals surface area contributed by atoms with Crippen LogP contribution < -0.4 is 5.32 Å². The van der Waals surface area contributed by atoms with Crippen molar-refractivity contribution >= 4 is 46.8 Å². The van der Waals surface area contributed by atoms with Crippen LogP contribution in [0.4, 0.5) is 0 Å². The Kier molecular flexibility index (Phi) is 11.0. The van der Waals surface area contributed by atoms with Crippen LogP contribution in [0.3, 0.4) is 0 Å². The van der Waals surface area contributed by atoms with Crippen LogP contribution in [0, 0.1) is 0 Å². The van der Waals surface area contributed by atoms with Gasteiger partial charge in [-0.3, -0.25) is 9.59 Å². The molecule has 0 unspecified atom stereocenters. The molecule has 0 aliphatic heterocycles. The van der Waals surface area contributed by atoms with Crippen LogP contribution in [0.25, 0.3) is 0 Å². The Hall–Kier alpha value is -2.47. The fourth-order valence-electron chi connectivity index (χ4n) is 3.66. The number of halogens is 2. The predicted octanol–water partition coefficient (Wildman–Crippen LogP) is 6.64. The molecule has 1 N–H and O–H groups in total. The summed E-state index contributed by atoms with van der Waals surface area (Å²) in [5.41, 5.74) is 1.81. The van der Waals surface area contributed by atoms with E-state index in [4.69, 9.17) is 23.2 Å². The lowest BCUT2D eigenvalue weighted by Gasteiger charge is -2.32. The lowest BCUT2D eigenvalue weighted by Crippen LogP contribution is -2.50. The van der Waals surface area contributed by atoms with Crippen molar-refractivity contribution in [3.63, 3.8) is 0 Å². The number of amides is 2. The van der Waals surface area contributed by atoms with Crippen molar-refractivity contribution in [2.24, 2.45) is 0 Å². The van der Waals surface area contributed by atoms with E-state index in [9.17, 15) is 9.59 Å². The standard InChI is InChI=1S/C28H30Cl2N2O2S/c1-2-17-31-28(34)26(19-21-8-4-3-5-9-21)32(20-22-10-6-7-11-25(22)30)27(33)16-18-35-24-14-12-23(29)13-15-24/h3-15,26H,2,16-20H2,1H3,(H,31,34)/t26-/m0/s1. The summed E-state index contributed by atoms with van der Waals surface area (Å²) in [5.74, 6) is 0.356. The van der Waals surface area contributed by atoms with Crippen molar-refractivity contribution in [1.29, 1.82) is 0 Å². The van der Waals surface area contributed by atoms with Crippen LogP contribution >= 0.6 is 35.0 Å². The molecule has 3 rings (SSSR count). The molecule has 0 aromatic heterocycles. The van der Waals surface area contributed by atoms with Gasteiger partial charge in [0.2, 0.25) is 11.8 Å². The first-order chi connectivity index (χ1) is 17.0. The van der Waals surface area contributed by atoms with Crippen LogP contribution in [-0.4, -0.2) is 35.1 Å². The smallest absolute Gasteiger partial charge is 0.243 e. The molecular formula is C28H30Cl2N2O2S. The van der Waals surface area contributed by atoms with Gasteiger partial charge in [0.1, 0.15) is 6.04 Å². The second kappa shape index (κ2) is 14.2. The van der Waals surface area contributed by atoms with Crippen LogP contribution in [0.2, 0.25) is 10.0 Å². The molecule has 0 fully saturated rings. The third kappa shape index (κ3) is 8.60. The molecule has 35 heavy (non-hydrogen) atoms. The third-order valence-electron chi connectivity index (χ3n) is 5.52. The fraction of sp³-hybridized carbons (Fsp3) is 0.286. The number of rotatable bonds is 12. The van der Waals surface area contributed by atoms with Crippen LogP contribution in [0.15, 0.2) is 83.8 Å². The molecule has 0 radical (unpaired) electrons. The fourth-order valence-corrected chi connectivity index (χ4v) is 4.82. The lowest BCUT2D eigenvalue weighted by molar-refractivity contribution is -0.141. The normalized spacial score (nSPS) is 11.6. The van der Waals surface area contributed by atoms with Gasteiger partial charge in [-0.05, 0) is 47.9 Å². The van der Waals surface area contributed by atoms with Crippen molar-refractivity contribution < 1.29 is 9.59 Å². The monoisotopic (exact) mass is 528 g/mol. The predicted molar refractivity (Wildman–Crippen MR) is 146 cm³/mol. The zero-order valence-corrected chi connectivity index (χ0v) is 22.1. The first-order valence-electron chi connectivity index (χ1n) is 11.7. The maximum Gasteiger partial charge on any atom is 0.243 e. The first kappa shape index (κ1) is 27.1. The van der Waals surface area contributed by atoms with E-state index in [1.165, 1.54) is 0 Å². The number of carbonyl (C=O) groups is 2. The maximum absolute atomic E-state index is 13.6. The highest BCUT2D eigenvalue weighted by atomic mass is 35.5. The average molecular weight is 530 g/mol. The molecule has 0 saturated heterocycles. The molecule has 3 aromatic carbocycles. The van der Waals surface area contributed by atoms with Crippen molar-refractivity contribution in [3.05, 3.63) is 100 Å². The molecule has 0 heterocycles. The second-order valence-corrected chi connectivity index (χ2v) is 10.2. The van der Waals surface area contributed by atoms with Gasteiger partial charge in [0.15, 0.2) is 0 Å². The Labute approximate surface area is 222 Å². The van der Waals surface area contributed by atoms with E-state index in [0.29, 0.717) is 35.2 Å². The summed E-state index contributed by atoms with van der Waals surface area (Å²) in [6.07, 6.45) is 1.54. The maximum atomic E-state index is 13.6. The van der Waals surface area contributed by atoms with Crippen LogP contribution in [-0.2, 0) is 22.6 Å². The minimum absolute atomic E-state index is 0.0843. The molecule has 0 spiro atoms. The van der Waals surface area contributed by atoms with E-state index < -0.39 is 6.04 Å². The van der Waals surface area contributed by atoms with Gasteiger partial charge in [-0.1, -0.05) is 78.7 Å².